The van der Waals surface area contributed by atoms with Crippen LogP contribution in [0.25, 0.3) is 0 Å². The third-order valence-corrected chi connectivity index (χ3v) is 5.12. The number of rotatable bonds is 5. The van der Waals surface area contributed by atoms with E-state index in [0.717, 1.165) is 5.56 Å². The average molecular weight is 346 g/mol. The molecule has 1 aliphatic heterocycles. The molecule has 7 heteroatoms. The smallest absolute Gasteiger partial charge is 0.426 e. The van der Waals surface area contributed by atoms with E-state index < -0.39 is 35.7 Å². The van der Waals surface area contributed by atoms with E-state index in [1.165, 1.54) is 14.2 Å². The van der Waals surface area contributed by atoms with E-state index in [1.807, 2.05) is 30.3 Å². The van der Waals surface area contributed by atoms with Crippen molar-refractivity contribution in [3.63, 3.8) is 0 Å². The van der Waals surface area contributed by atoms with Gasteiger partial charge in [-0.05, 0) is 11.6 Å². The molecule has 1 heterocycles. The van der Waals surface area contributed by atoms with Crippen molar-refractivity contribution in [2.45, 2.75) is 30.2 Å². The Hall–Kier alpha value is -2.22. The molecule has 5 rings (SSSR count). The van der Waals surface area contributed by atoms with Gasteiger partial charge in [-0.15, -0.1) is 0 Å². The summed E-state index contributed by atoms with van der Waals surface area (Å²) in [6.07, 6.45) is 0.952. The van der Waals surface area contributed by atoms with Gasteiger partial charge in [0.15, 0.2) is 17.8 Å². The molecule has 2 bridgehead atoms. The van der Waals surface area contributed by atoms with E-state index >= 15 is 0 Å². The van der Waals surface area contributed by atoms with Crippen LogP contribution in [0.1, 0.15) is 5.56 Å². The highest BCUT2D eigenvalue weighted by molar-refractivity contribution is 5.95. The highest BCUT2D eigenvalue weighted by Gasteiger charge is 2.76. The van der Waals surface area contributed by atoms with Crippen molar-refractivity contribution in [1.82, 2.24) is 0 Å². The summed E-state index contributed by atoms with van der Waals surface area (Å²) >= 11 is 0. The van der Waals surface area contributed by atoms with Crippen LogP contribution in [0.15, 0.2) is 42.5 Å². The number of Topliss-reactive ketones (excluding diaryl/α,β-unsaturated/α-hetero) is 1. The quantitative estimate of drug-likeness (QED) is 0.455. The molecule has 0 aromatic heterocycles. The Morgan fingerprint density at radius 3 is 2.48 bits per heavy atom. The Morgan fingerprint density at radius 2 is 1.80 bits per heavy atom. The molecule has 132 valence electrons. The highest BCUT2D eigenvalue weighted by Crippen LogP contribution is 2.52. The third kappa shape index (κ3) is 2.03. The van der Waals surface area contributed by atoms with Gasteiger partial charge >= 0.3 is 6.16 Å². The minimum absolute atomic E-state index is 0.179. The number of fused-ring (bicyclic) bond motifs is 1. The summed E-state index contributed by atoms with van der Waals surface area (Å²) in [5.41, 5.74) is -0.539. The fourth-order valence-corrected chi connectivity index (χ4v) is 3.97. The molecule has 1 aromatic rings. The molecule has 25 heavy (non-hydrogen) atoms. The van der Waals surface area contributed by atoms with Crippen LogP contribution in [0, 0.1) is 5.92 Å². The Kier molecular flexibility index (Phi) is 3.68. The number of ether oxygens (including phenoxy) is 5. The summed E-state index contributed by atoms with van der Waals surface area (Å²) in [4.78, 5) is 24.7. The van der Waals surface area contributed by atoms with Gasteiger partial charge in [0.05, 0.1) is 12.5 Å². The zero-order valence-corrected chi connectivity index (χ0v) is 13.8. The molecule has 1 saturated heterocycles. The molecule has 2 fully saturated rings. The zero-order chi connectivity index (χ0) is 17.7. The molecule has 3 aliphatic carbocycles. The summed E-state index contributed by atoms with van der Waals surface area (Å²) < 4.78 is 27.7. The molecule has 4 aliphatic rings. The lowest BCUT2D eigenvalue weighted by Gasteiger charge is -2.55. The number of hydrogen-bond acceptors (Lipinski definition) is 7. The second-order valence-electron chi connectivity index (χ2n) is 6.21. The molecule has 0 amide bonds. The van der Waals surface area contributed by atoms with Crippen molar-refractivity contribution in [2.24, 2.45) is 5.92 Å². The lowest BCUT2D eigenvalue weighted by Crippen LogP contribution is -2.77. The molecule has 1 aromatic carbocycles. The largest absolute Gasteiger partial charge is 0.509 e. The van der Waals surface area contributed by atoms with Gasteiger partial charge in [0.1, 0.15) is 0 Å². The maximum Gasteiger partial charge on any atom is 0.509 e. The summed E-state index contributed by atoms with van der Waals surface area (Å²) in [6.45, 7) is 0.179. The predicted molar refractivity (Wildman–Crippen MR) is 83.5 cm³/mol. The van der Waals surface area contributed by atoms with Crippen LogP contribution < -0.4 is 0 Å². The molecule has 0 radical (unpaired) electrons. The van der Waals surface area contributed by atoms with E-state index in [4.69, 9.17) is 23.7 Å². The molecular formula is C18H18O7. The van der Waals surface area contributed by atoms with Crippen molar-refractivity contribution in [1.29, 1.82) is 0 Å². The van der Waals surface area contributed by atoms with E-state index in [-0.39, 0.29) is 12.4 Å². The van der Waals surface area contributed by atoms with Crippen molar-refractivity contribution in [3.8, 4) is 0 Å². The minimum atomic E-state index is -1.71. The fraction of sp³-hybridized carbons (Fsp3) is 0.444. The Morgan fingerprint density at radius 1 is 1.08 bits per heavy atom. The standard InChI is InChI=1S/C18H18O7/c1-21-18(22-2)14(19)12-8-9-17(18,15-13(12)24-16(20)25-15)23-10-11-6-4-3-5-7-11/h3-9,12-13,15H,10H2,1-2H3/t12-,13+,15+,17-/m0/s1. The van der Waals surface area contributed by atoms with Crippen LogP contribution in [0.3, 0.4) is 0 Å². The van der Waals surface area contributed by atoms with Gasteiger partial charge in [-0.25, -0.2) is 4.79 Å². The maximum atomic E-state index is 13.0. The van der Waals surface area contributed by atoms with E-state index in [0.29, 0.717) is 0 Å². The second-order valence-corrected chi connectivity index (χ2v) is 6.21. The molecule has 7 nitrogen and oxygen atoms in total. The normalized spacial score (nSPS) is 34.6. The Labute approximate surface area is 144 Å². The molecule has 0 unspecified atom stereocenters. The van der Waals surface area contributed by atoms with Crippen LogP contribution in [0.2, 0.25) is 0 Å². The second kappa shape index (κ2) is 5.66. The van der Waals surface area contributed by atoms with E-state index in [1.54, 1.807) is 12.2 Å². The first-order valence-electron chi connectivity index (χ1n) is 7.97. The zero-order valence-electron chi connectivity index (χ0n) is 13.8. The SMILES string of the molecule is COC1(OC)C(=O)[C@H]2C=C[C@]1(OCc1ccccc1)[C@@H]1OC(=O)O[C@H]21. The number of ketones is 1. The summed E-state index contributed by atoms with van der Waals surface area (Å²) in [5, 5.41) is 0. The first kappa shape index (κ1) is 16.3. The first-order chi connectivity index (χ1) is 12.1. The van der Waals surface area contributed by atoms with Crippen LogP contribution in [-0.4, -0.2) is 49.8 Å². The van der Waals surface area contributed by atoms with Gasteiger partial charge in [-0.1, -0.05) is 36.4 Å². The van der Waals surface area contributed by atoms with Gasteiger partial charge in [-0.2, -0.15) is 0 Å². The van der Waals surface area contributed by atoms with Crippen LogP contribution in [-0.2, 0) is 35.1 Å². The van der Waals surface area contributed by atoms with Gasteiger partial charge in [-0.3, -0.25) is 4.79 Å². The first-order valence-corrected chi connectivity index (χ1v) is 7.97. The van der Waals surface area contributed by atoms with Crippen molar-refractivity contribution < 1.29 is 33.3 Å². The monoisotopic (exact) mass is 346 g/mol. The average Bonchev–Trinajstić information content (AvgIpc) is 3.05. The molecule has 0 N–H and O–H groups in total. The number of hydrogen-bond donors (Lipinski definition) is 0. The number of benzene rings is 1. The maximum absolute atomic E-state index is 13.0. The van der Waals surface area contributed by atoms with Crippen LogP contribution >= 0.6 is 0 Å². The van der Waals surface area contributed by atoms with Crippen molar-refractivity contribution in [2.75, 3.05) is 14.2 Å². The number of carbonyl (C=O) groups excluding carboxylic acids is 2. The topological polar surface area (TPSA) is 80.3 Å². The van der Waals surface area contributed by atoms with Crippen LogP contribution in [0.4, 0.5) is 4.79 Å². The summed E-state index contributed by atoms with van der Waals surface area (Å²) in [7, 11) is 2.74. The molecule has 1 saturated carbocycles. The molecular weight excluding hydrogens is 328 g/mol. The van der Waals surface area contributed by atoms with Crippen LogP contribution in [0.5, 0.6) is 0 Å². The summed E-state index contributed by atoms with van der Waals surface area (Å²) in [6, 6.07) is 9.46. The Bertz CT molecular complexity index is 724. The number of methoxy groups -OCH3 is 2. The van der Waals surface area contributed by atoms with Gasteiger partial charge in [0.2, 0.25) is 5.78 Å². The highest BCUT2D eigenvalue weighted by atomic mass is 16.8. The number of carbonyl (C=O) groups is 2. The van der Waals surface area contributed by atoms with E-state index in [2.05, 4.69) is 0 Å². The van der Waals surface area contributed by atoms with Crippen molar-refractivity contribution >= 4 is 11.9 Å². The molecule has 4 atom stereocenters. The Balaban J connectivity index is 1.78. The van der Waals surface area contributed by atoms with Crippen molar-refractivity contribution in [3.05, 3.63) is 48.0 Å². The van der Waals surface area contributed by atoms with E-state index in [9.17, 15) is 9.59 Å². The summed E-state index contributed by atoms with van der Waals surface area (Å²) in [5.74, 6) is -2.76. The van der Waals surface area contributed by atoms with Gasteiger partial charge in [0.25, 0.3) is 5.79 Å². The predicted octanol–water partition coefficient (Wildman–Crippen LogP) is 1.60. The van der Waals surface area contributed by atoms with Gasteiger partial charge in [0, 0.05) is 14.2 Å². The third-order valence-electron chi connectivity index (χ3n) is 5.12. The minimum Gasteiger partial charge on any atom is -0.426 e. The lowest BCUT2D eigenvalue weighted by atomic mass is 9.64. The fourth-order valence-electron chi connectivity index (χ4n) is 3.97. The van der Waals surface area contributed by atoms with Gasteiger partial charge < -0.3 is 23.7 Å². The molecule has 0 spiro atoms. The lowest BCUT2D eigenvalue weighted by molar-refractivity contribution is -0.320.